The van der Waals surface area contributed by atoms with Gasteiger partial charge in [-0.05, 0) is 29.7 Å². The van der Waals surface area contributed by atoms with Crippen LogP contribution < -0.4 is 0 Å². The molecule has 0 unspecified atom stereocenters. The molecule has 3 aromatic carbocycles. The highest BCUT2D eigenvalue weighted by molar-refractivity contribution is 7.23. The van der Waals surface area contributed by atoms with Gasteiger partial charge in [-0.25, -0.2) is 0 Å². The maximum Gasteiger partial charge on any atom is 0.0433 e. The van der Waals surface area contributed by atoms with Gasteiger partial charge in [-0.2, -0.15) is 0 Å². The van der Waals surface area contributed by atoms with E-state index in [0.29, 0.717) is 0 Å². The van der Waals surface area contributed by atoms with Gasteiger partial charge in [0.15, 0.2) is 0 Å². The van der Waals surface area contributed by atoms with Gasteiger partial charge in [0, 0.05) is 20.5 Å². The molecule has 0 saturated heterocycles. The van der Waals surface area contributed by atoms with E-state index in [1.165, 1.54) is 37.2 Å². The Morgan fingerprint density at radius 2 is 1.32 bits per heavy atom. The molecule has 4 aromatic rings. The van der Waals surface area contributed by atoms with Gasteiger partial charge in [0.1, 0.15) is 0 Å². The van der Waals surface area contributed by atoms with Gasteiger partial charge in [0.05, 0.1) is 0 Å². The summed E-state index contributed by atoms with van der Waals surface area (Å²) in [6.07, 6.45) is 0. The molecule has 0 aliphatic heterocycles. The molecule has 0 atom stereocenters. The van der Waals surface area contributed by atoms with Crippen LogP contribution in [0.4, 0.5) is 0 Å². The van der Waals surface area contributed by atoms with Crippen molar-refractivity contribution in [3.63, 3.8) is 0 Å². The van der Waals surface area contributed by atoms with E-state index in [9.17, 15) is 0 Å². The van der Waals surface area contributed by atoms with Gasteiger partial charge in [-0.3, -0.25) is 0 Å². The van der Waals surface area contributed by atoms with Crippen LogP contribution >= 0.6 is 11.3 Å². The zero-order valence-electron chi connectivity index (χ0n) is 12.4. The standard InChI is InChI=1S/C21H16S/c1-15-12-13-18-19(14-15)22-21(17-10-6-3-7-11-17)20(18)16-8-4-2-5-9-16/h2-14H,1H3. The molecule has 22 heavy (non-hydrogen) atoms. The number of hydrogen-bond donors (Lipinski definition) is 0. The van der Waals surface area contributed by atoms with Gasteiger partial charge in [-0.15, -0.1) is 11.3 Å². The third-order valence-corrected chi connectivity index (χ3v) is 5.15. The Morgan fingerprint density at radius 3 is 2.00 bits per heavy atom. The maximum absolute atomic E-state index is 2.29. The lowest BCUT2D eigenvalue weighted by Gasteiger charge is -2.05. The van der Waals surface area contributed by atoms with Crippen molar-refractivity contribution in [1.29, 1.82) is 0 Å². The van der Waals surface area contributed by atoms with Crippen LogP contribution in [0.3, 0.4) is 0 Å². The fraction of sp³-hybridized carbons (Fsp3) is 0.0476. The van der Waals surface area contributed by atoms with Crippen LogP contribution in [0, 0.1) is 6.92 Å². The number of benzene rings is 3. The Kier molecular flexibility index (Phi) is 3.28. The highest BCUT2D eigenvalue weighted by Crippen LogP contribution is 2.44. The van der Waals surface area contributed by atoms with Crippen LogP contribution in [0.1, 0.15) is 5.56 Å². The molecule has 0 spiro atoms. The normalized spacial score (nSPS) is 11.0. The lowest BCUT2D eigenvalue weighted by Crippen LogP contribution is -1.80. The first-order chi connectivity index (χ1) is 10.8. The predicted octanol–water partition coefficient (Wildman–Crippen LogP) is 6.54. The average molecular weight is 300 g/mol. The molecule has 0 nitrogen and oxygen atoms in total. The van der Waals surface area contributed by atoms with Gasteiger partial charge in [0.25, 0.3) is 0 Å². The van der Waals surface area contributed by atoms with E-state index in [4.69, 9.17) is 0 Å². The van der Waals surface area contributed by atoms with E-state index in [0.717, 1.165) is 0 Å². The highest BCUT2D eigenvalue weighted by atomic mass is 32.1. The molecule has 1 heterocycles. The molecular formula is C21H16S. The van der Waals surface area contributed by atoms with Crippen LogP contribution in [0.5, 0.6) is 0 Å². The largest absolute Gasteiger partial charge is 0.135 e. The van der Waals surface area contributed by atoms with Gasteiger partial charge in [-0.1, -0.05) is 72.8 Å². The monoisotopic (exact) mass is 300 g/mol. The Bertz CT molecular complexity index is 918. The molecule has 0 radical (unpaired) electrons. The summed E-state index contributed by atoms with van der Waals surface area (Å²) in [5, 5.41) is 1.35. The lowest BCUT2D eigenvalue weighted by molar-refractivity contribution is 1.52. The summed E-state index contributed by atoms with van der Waals surface area (Å²) in [6.45, 7) is 2.16. The van der Waals surface area contributed by atoms with Crippen molar-refractivity contribution in [3.05, 3.63) is 84.4 Å². The first-order valence-corrected chi connectivity index (χ1v) is 8.28. The Balaban J connectivity index is 2.07. The van der Waals surface area contributed by atoms with Crippen LogP contribution in [0.25, 0.3) is 31.7 Å². The van der Waals surface area contributed by atoms with E-state index in [2.05, 4.69) is 85.8 Å². The molecule has 1 aromatic heterocycles. The second-order valence-corrected chi connectivity index (χ2v) is 6.59. The van der Waals surface area contributed by atoms with Crippen molar-refractivity contribution >= 4 is 21.4 Å². The van der Waals surface area contributed by atoms with Gasteiger partial charge >= 0.3 is 0 Å². The fourth-order valence-electron chi connectivity index (χ4n) is 2.89. The Morgan fingerprint density at radius 1 is 0.682 bits per heavy atom. The summed E-state index contributed by atoms with van der Waals surface area (Å²) >= 11 is 1.89. The van der Waals surface area contributed by atoms with Crippen molar-refractivity contribution in [2.24, 2.45) is 0 Å². The molecule has 0 bridgehead atoms. The molecule has 106 valence electrons. The van der Waals surface area contributed by atoms with E-state index >= 15 is 0 Å². The molecule has 0 N–H and O–H groups in total. The molecule has 0 amide bonds. The maximum atomic E-state index is 2.29. The van der Waals surface area contributed by atoms with Crippen molar-refractivity contribution in [2.45, 2.75) is 6.92 Å². The number of thiophene rings is 1. The molecule has 0 fully saturated rings. The van der Waals surface area contributed by atoms with Crippen LogP contribution in [-0.2, 0) is 0 Å². The summed E-state index contributed by atoms with van der Waals surface area (Å²) in [7, 11) is 0. The number of fused-ring (bicyclic) bond motifs is 1. The lowest BCUT2D eigenvalue weighted by atomic mass is 9.98. The predicted molar refractivity (Wildman–Crippen MR) is 97.4 cm³/mol. The van der Waals surface area contributed by atoms with Crippen LogP contribution in [-0.4, -0.2) is 0 Å². The van der Waals surface area contributed by atoms with Gasteiger partial charge in [0.2, 0.25) is 0 Å². The van der Waals surface area contributed by atoms with Crippen molar-refractivity contribution < 1.29 is 0 Å². The van der Waals surface area contributed by atoms with Crippen molar-refractivity contribution in [3.8, 4) is 21.6 Å². The highest BCUT2D eigenvalue weighted by Gasteiger charge is 2.15. The third-order valence-electron chi connectivity index (χ3n) is 3.94. The van der Waals surface area contributed by atoms with Gasteiger partial charge < -0.3 is 0 Å². The van der Waals surface area contributed by atoms with E-state index < -0.39 is 0 Å². The smallest absolute Gasteiger partial charge is 0.0433 e. The molecule has 0 aliphatic rings. The second-order valence-electron chi connectivity index (χ2n) is 5.54. The fourth-order valence-corrected chi connectivity index (χ4v) is 4.22. The summed E-state index contributed by atoms with van der Waals surface area (Å²) in [4.78, 5) is 1.35. The first kappa shape index (κ1) is 13.3. The van der Waals surface area contributed by atoms with E-state index in [-0.39, 0.29) is 0 Å². The molecule has 1 heteroatoms. The number of hydrogen-bond acceptors (Lipinski definition) is 1. The quantitative estimate of drug-likeness (QED) is 0.394. The first-order valence-electron chi connectivity index (χ1n) is 7.47. The van der Waals surface area contributed by atoms with Crippen LogP contribution in [0.15, 0.2) is 78.9 Å². The Labute approximate surface area is 134 Å². The van der Waals surface area contributed by atoms with Crippen LogP contribution in [0.2, 0.25) is 0 Å². The average Bonchev–Trinajstić information content (AvgIpc) is 2.95. The summed E-state index contributed by atoms with van der Waals surface area (Å²) < 4.78 is 1.36. The third kappa shape index (κ3) is 2.24. The molecular weight excluding hydrogens is 284 g/mol. The minimum atomic E-state index is 1.29. The minimum Gasteiger partial charge on any atom is -0.135 e. The summed E-state index contributed by atoms with van der Waals surface area (Å²) in [6, 6.07) is 28.2. The van der Waals surface area contributed by atoms with E-state index in [1.807, 2.05) is 11.3 Å². The van der Waals surface area contributed by atoms with Crippen molar-refractivity contribution in [2.75, 3.05) is 0 Å². The van der Waals surface area contributed by atoms with Crippen molar-refractivity contribution in [1.82, 2.24) is 0 Å². The minimum absolute atomic E-state index is 1.29. The number of aryl methyl sites for hydroxylation is 1. The molecule has 4 rings (SSSR count). The zero-order chi connectivity index (χ0) is 14.9. The Hall–Kier alpha value is -2.38. The zero-order valence-corrected chi connectivity index (χ0v) is 13.2. The molecule has 0 aliphatic carbocycles. The molecule has 0 saturated carbocycles. The SMILES string of the molecule is Cc1ccc2c(-c3ccccc3)c(-c3ccccc3)sc2c1. The summed E-state index contributed by atoms with van der Waals surface area (Å²) in [5.74, 6) is 0. The summed E-state index contributed by atoms with van der Waals surface area (Å²) in [5.41, 5.74) is 5.25. The topological polar surface area (TPSA) is 0 Å². The second kappa shape index (κ2) is 5.43. The number of rotatable bonds is 2. The van der Waals surface area contributed by atoms with E-state index in [1.54, 1.807) is 0 Å².